The predicted octanol–water partition coefficient (Wildman–Crippen LogP) is 3.87. The molecule has 0 saturated heterocycles. The van der Waals surface area contributed by atoms with Gasteiger partial charge in [-0.2, -0.15) is 0 Å². The van der Waals surface area contributed by atoms with E-state index < -0.39 is 17.7 Å². The lowest BCUT2D eigenvalue weighted by Gasteiger charge is -2.19. The summed E-state index contributed by atoms with van der Waals surface area (Å²) in [6, 6.07) is 10.5. The molecular formula is C14H12BrF2NO. The zero-order valence-electron chi connectivity index (χ0n) is 9.91. The van der Waals surface area contributed by atoms with Gasteiger partial charge in [0.2, 0.25) is 0 Å². The number of hydrogen-bond donors (Lipinski definition) is 2. The summed E-state index contributed by atoms with van der Waals surface area (Å²) in [6.07, 6.45) is 0. The Kier molecular flexibility index (Phi) is 4.50. The fourth-order valence-corrected chi connectivity index (χ4v) is 2.13. The van der Waals surface area contributed by atoms with Gasteiger partial charge < -0.3 is 10.4 Å². The average molecular weight is 328 g/mol. The number of anilines is 1. The minimum atomic E-state index is -0.926. The molecule has 0 aromatic heterocycles. The first kappa shape index (κ1) is 14.0. The second kappa shape index (κ2) is 6.12. The molecule has 0 bridgehead atoms. The summed E-state index contributed by atoms with van der Waals surface area (Å²) in [5.74, 6) is -1.83. The van der Waals surface area contributed by atoms with Gasteiger partial charge in [0.1, 0.15) is 0 Å². The van der Waals surface area contributed by atoms with E-state index >= 15 is 0 Å². The van der Waals surface area contributed by atoms with E-state index in [4.69, 9.17) is 0 Å². The van der Waals surface area contributed by atoms with Crippen LogP contribution < -0.4 is 5.32 Å². The molecule has 0 radical (unpaired) electrons. The molecule has 0 fully saturated rings. The van der Waals surface area contributed by atoms with Crippen molar-refractivity contribution in [2.75, 3.05) is 11.9 Å². The van der Waals surface area contributed by atoms with E-state index in [-0.39, 0.29) is 6.61 Å². The number of nitrogens with one attached hydrogen (secondary N) is 1. The minimum Gasteiger partial charge on any atom is -0.394 e. The van der Waals surface area contributed by atoms with Crippen LogP contribution in [0.3, 0.4) is 0 Å². The van der Waals surface area contributed by atoms with Crippen LogP contribution in [0.15, 0.2) is 46.9 Å². The molecule has 0 heterocycles. The van der Waals surface area contributed by atoms with E-state index in [1.165, 1.54) is 6.07 Å². The molecule has 2 nitrogen and oxygen atoms in total. The molecule has 0 amide bonds. The van der Waals surface area contributed by atoms with E-state index in [0.29, 0.717) is 5.56 Å². The molecule has 5 heteroatoms. The summed E-state index contributed by atoms with van der Waals surface area (Å²) in [5.41, 5.74) is 1.25. The quantitative estimate of drug-likeness (QED) is 0.893. The summed E-state index contributed by atoms with van der Waals surface area (Å²) in [4.78, 5) is 0. The van der Waals surface area contributed by atoms with Crippen LogP contribution in [0.5, 0.6) is 0 Å². The third-order valence-electron chi connectivity index (χ3n) is 2.73. The van der Waals surface area contributed by atoms with Crippen molar-refractivity contribution in [1.82, 2.24) is 0 Å². The molecule has 1 atom stereocenters. The average Bonchev–Trinajstić information content (AvgIpc) is 2.41. The molecule has 2 rings (SSSR count). The Balaban J connectivity index is 2.25. The molecule has 0 saturated carbocycles. The Morgan fingerprint density at radius 1 is 1.11 bits per heavy atom. The topological polar surface area (TPSA) is 32.3 Å². The fourth-order valence-electron chi connectivity index (χ4n) is 1.73. The first-order valence-electron chi connectivity index (χ1n) is 5.68. The van der Waals surface area contributed by atoms with Gasteiger partial charge in [0.25, 0.3) is 0 Å². The number of rotatable bonds is 4. The Labute approximate surface area is 118 Å². The lowest BCUT2D eigenvalue weighted by atomic mass is 10.1. The van der Waals surface area contributed by atoms with Crippen LogP contribution in [0.25, 0.3) is 0 Å². The van der Waals surface area contributed by atoms with Crippen LogP contribution in [0.2, 0.25) is 0 Å². The van der Waals surface area contributed by atoms with E-state index in [1.54, 1.807) is 0 Å². The lowest BCUT2D eigenvalue weighted by molar-refractivity contribution is 0.276. The van der Waals surface area contributed by atoms with E-state index in [0.717, 1.165) is 22.3 Å². The van der Waals surface area contributed by atoms with Crippen molar-refractivity contribution < 1.29 is 13.9 Å². The first-order chi connectivity index (χ1) is 9.11. The molecule has 0 aliphatic heterocycles. The largest absolute Gasteiger partial charge is 0.394 e. The molecule has 100 valence electrons. The van der Waals surface area contributed by atoms with Crippen molar-refractivity contribution in [3.8, 4) is 0 Å². The number of halogens is 3. The third-order valence-corrected chi connectivity index (χ3v) is 3.42. The number of aliphatic hydroxyl groups excluding tert-OH is 1. The highest BCUT2D eigenvalue weighted by molar-refractivity contribution is 9.10. The van der Waals surface area contributed by atoms with Gasteiger partial charge in [-0.1, -0.05) is 18.2 Å². The molecule has 0 aliphatic rings. The third kappa shape index (κ3) is 3.30. The highest BCUT2D eigenvalue weighted by atomic mass is 79.9. The highest BCUT2D eigenvalue weighted by Crippen LogP contribution is 2.26. The summed E-state index contributed by atoms with van der Waals surface area (Å²) >= 11 is 3.37. The smallest absolute Gasteiger partial charge is 0.159 e. The molecule has 1 unspecified atom stereocenters. The predicted molar refractivity (Wildman–Crippen MR) is 73.9 cm³/mol. The zero-order chi connectivity index (χ0) is 13.8. The van der Waals surface area contributed by atoms with Gasteiger partial charge in [0.15, 0.2) is 11.6 Å². The van der Waals surface area contributed by atoms with Crippen molar-refractivity contribution >= 4 is 21.6 Å². The molecule has 2 N–H and O–H groups in total. The zero-order valence-corrected chi connectivity index (χ0v) is 11.5. The number of aliphatic hydroxyl groups is 1. The molecule has 0 spiro atoms. The van der Waals surface area contributed by atoms with Gasteiger partial charge in [0, 0.05) is 10.2 Å². The maximum Gasteiger partial charge on any atom is 0.159 e. The van der Waals surface area contributed by atoms with Crippen molar-refractivity contribution in [3.05, 3.63) is 64.1 Å². The van der Waals surface area contributed by atoms with E-state index in [1.807, 2.05) is 24.3 Å². The number of para-hydroxylation sites is 1. The Morgan fingerprint density at radius 3 is 2.47 bits per heavy atom. The summed E-state index contributed by atoms with van der Waals surface area (Å²) < 4.78 is 26.9. The van der Waals surface area contributed by atoms with Crippen molar-refractivity contribution in [2.45, 2.75) is 6.04 Å². The number of hydrogen-bond acceptors (Lipinski definition) is 2. The second-order valence-corrected chi connectivity index (χ2v) is 4.89. The van der Waals surface area contributed by atoms with Crippen LogP contribution in [0, 0.1) is 11.6 Å². The Bertz CT molecular complexity index is 577. The minimum absolute atomic E-state index is 0.230. The van der Waals surface area contributed by atoms with Gasteiger partial charge in [0.05, 0.1) is 12.6 Å². The maximum absolute atomic E-state index is 13.2. The van der Waals surface area contributed by atoms with Gasteiger partial charge in [-0.15, -0.1) is 0 Å². The maximum atomic E-state index is 13.2. The van der Waals surface area contributed by atoms with Crippen LogP contribution in [0.1, 0.15) is 11.6 Å². The monoisotopic (exact) mass is 327 g/mol. The van der Waals surface area contributed by atoms with Crippen molar-refractivity contribution in [2.24, 2.45) is 0 Å². The van der Waals surface area contributed by atoms with Crippen LogP contribution in [0.4, 0.5) is 14.5 Å². The van der Waals surface area contributed by atoms with E-state index in [9.17, 15) is 13.9 Å². The van der Waals surface area contributed by atoms with E-state index in [2.05, 4.69) is 21.2 Å². The second-order valence-electron chi connectivity index (χ2n) is 4.03. The molecular weight excluding hydrogens is 316 g/mol. The Morgan fingerprint density at radius 2 is 1.84 bits per heavy atom. The van der Waals surface area contributed by atoms with Crippen LogP contribution >= 0.6 is 15.9 Å². The van der Waals surface area contributed by atoms with Gasteiger partial charge in [-0.25, -0.2) is 8.78 Å². The Hall–Kier alpha value is -1.46. The lowest BCUT2D eigenvalue weighted by Crippen LogP contribution is -2.15. The van der Waals surface area contributed by atoms with Crippen LogP contribution in [-0.2, 0) is 0 Å². The summed E-state index contributed by atoms with van der Waals surface area (Å²) in [5, 5.41) is 12.5. The first-order valence-corrected chi connectivity index (χ1v) is 6.48. The number of benzene rings is 2. The molecule has 19 heavy (non-hydrogen) atoms. The molecule has 2 aromatic rings. The fraction of sp³-hybridized carbons (Fsp3) is 0.143. The molecule has 0 aliphatic carbocycles. The normalized spacial score (nSPS) is 12.2. The summed E-state index contributed by atoms with van der Waals surface area (Å²) in [7, 11) is 0. The van der Waals surface area contributed by atoms with Crippen LogP contribution in [-0.4, -0.2) is 11.7 Å². The van der Waals surface area contributed by atoms with Gasteiger partial charge in [-0.3, -0.25) is 0 Å². The van der Waals surface area contributed by atoms with Gasteiger partial charge in [-0.05, 0) is 45.8 Å². The van der Waals surface area contributed by atoms with Crippen molar-refractivity contribution in [3.63, 3.8) is 0 Å². The standard InChI is InChI=1S/C14H12BrF2NO/c15-10-3-1-2-4-13(10)18-14(8-19)9-5-6-11(16)12(17)7-9/h1-7,14,18-19H,8H2. The molecule has 2 aromatic carbocycles. The van der Waals surface area contributed by atoms with Gasteiger partial charge >= 0.3 is 0 Å². The SMILES string of the molecule is OCC(Nc1ccccc1Br)c1ccc(F)c(F)c1. The highest BCUT2D eigenvalue weighted by Gasteiger charge is 2.13. The van der Waals surface area contributed by atoms with Crippen molar-refractivity contribution in [1.29, 1.82) is 0 Å². The summed E-state index contributed by atoms with van der Waals surface area (Å²) in [6.45, 7) is -0.230.